The second-order valence-corrected chi connectivity index (χ2v) is 3.71. The van der Waals surface area contributed by atoms with Crippen LogP contribution in [-0.4, -0.2) is 46.7 Å². The van der Waals surface area contributed by atoms with E-state index < -0.39 is 17.8 Å². The molecule has 0 spiro atoms. The van der Waals surface area contributed by atoms with Crippen molar-refractivity contribution in [1.29, 1.82) is 0 Å². The van der Waals surface area contributed by atoms with Crippen LogP contribution in [0.5, 0.6) is 0 Å². The Morgan fingerprint density at radius 2 is 1.94 bits per heavy atom. The molecule has 5 heteroatoms. The first-order chi connectivity index (χ1) is 7.45. The van der Waals surface area contributed by atoms with Gasteiger partial charge in [0.2, 0.25) is 5.91 Å². The Morgan fingerprint density at radius 1 is 1.38 bits per heavy atom. The van der Waals surface area contributed by atoms with Crippen molar-refractivity contribution in [3.8, 4) is 0 Å². The molecular formula is C11H19NO4. The van der Waals surface area contributed by atoms with Gasteiger partial charge in [-0.05, 0) is 0 Å². The van der Waals surface area contributed by atoms with E-state index in [9.17, 15) is 9.59 Å². The molecule has 0 aliphatic carbocycles. The van der Waals surface area contributed by atoms with Crippen LogP contribution >= 0.6 is 0 Å². The summed E-state index contributed by atoms with van der Waals surface area (Å²) in [6.07, 6.45) is 1.55. The Hall–Kier alpha value is -1.36. The van der Waals surface area contributed by atoms with Gasteiger partial charge in [0.15, 0.2) is 0 Å². The van der Waals surface area contributed by atoms with Crippen molar-refractivity contribution in [2.75, 3.05) is 19.7 Å². The highest BCUT2D eigenvalue weighted by molar-refractivity contribution is 5.84. The minimum absolute atomic E-state index is 0.145. The predicted octanol–water partition coefficient (Wildman–Crippen LogP) is 0.350. The second kappa shape index (κ2) is 7.00. The molecule has 92 valence electrons. The molecule has 0 aromatic heterocycles. The molecule has 0 fully saturated rings. The normalized spacial score (nSPS) is 13.9. The van der Waals surface area contributed by atoms with Gasteiger partial charge in [0, 0.05) is 19.0 Å². The number of hydrogen-bond donors (Lipinski definition) is 2. The monoisotopic (exact) mass is 229 g/mol. The Labute approximate surface area is 95.4 Å². The number of aliphatic carboxylic acids is 1. The zero-order valence-electron chi connectivity index (χ0n) is 9.72. The molecule has 16 heavy (non-hydrogen) atoms. The highest BCUT2D eigenvalue weighted by Gasteiger charge is 2.28. The highest BCUT2D eigenvalue weighted by Crippen LogP contribution is 2.14. The maximum atomic E-state index is 11.9. The quantitative estimate of drug-likeness (QED) is 0.617. The van der Waals surface area contributed by atoms with Crippen LogP contribution in [0.4, 0.5) is 0 Å². The number of carbonyl (C=O) groups excluding carboxylic acids is 1. The third kappa shape index (κ3) is 4.02. The second-order valence-electron chi connectivity index (χ2n) is 3.71. The van der Waals surface area contributed by atoms with E-state index in [0.717, 1.165) is 0 Å². The van der Waals surface area contributed by atoms with Crippen LogP contribution in [0.3, 0.4) is 0 Å². The molecule has 0 radical (unpaired) electrons. The molecule has 0 aromatic rings. The Morgan fingerprint density at radius 3 is 2.31 bits per heavy atom. The summed E-state index contributed by atoms with van der Waals surface area (Å²) in [5, 5.41) is 17.6. The molecule has 0 saturated carbocycles. The van der Waals surface area contributed by atoms with Gasteiger partial charge in [-0.3, -0.25) is 9.59 Å². The summed E-state index contributed by atoms with van der Waals surface area (Å²) in [5.41, 5.74) is 0. The van der Waals surface area contributed by atoms with Gasteiger partial charge in [-0.25, -0.2) is 0 Å². The van der Waals surface area contributed by atoms with Crippen LogP contribution in [0.1, 0.15) is 13.8 Å². The number of carboxylic acids is 1. The topological polar surface area (TPSA) is 77.8 Å². The van der Waals surface area contributed by atoms with Gasteiger partial charge in [0.25, 0.3) is 0 Å². The van der Waals surface area contributed by atoms with Crippen LogP contribution < -0.4 is 0 Å². The minimum atomic E-state index is -0.997. The maximum Gasteiger partial charge on any atom is 0.307 e. The predicted molar refractivity (Wildman–Crippen MR) is 59.8 cm³/mol. The lowest BCUT2D eigenvalue weighted by molar-refractivity contribution is -0.149. The Balaban J connectivity index is 4.58. The summed E-state index contributed by atoms with van der Waals surface area (Å²) in [5.74, 6) is -2.62. The molecule has 0 saturated heterocycles. The minimum Gasteiger partial charge on any atom is -0.481 e. The molecule has 0 heterocycles. The molecule has 0 aliphatic rings. The van der Waals surface area contributed by atoms with E-state index in [1.54, 1.807) is 13.0 Å². The van der Waals surface area contributed by atoms with Crippen molar-refractivity contribution < 1.29 is 19.8 Å². The summed E-state index contributed by atoms with van der Waals surface area (Å²) in [6.45, 7) is 6.95. The van der Waals surface area contributed by atoms with Crippen molar-refractivity contribution >= 4 is 11.9 Å². The Kier molecular flexibility index (Phi) is 6.41. The van der Waals surface area contributed by atoms with E-state index in [4.69, 9.17) is 10.2 Å². The van der Waals surface area contributed by atoms with E-state index in [0.29, 0.717) is 6.54 Å². The van der Waals surface area contributed by atoms with Crippen LogP contribution in [0.15, 0.2) is 12.7 Å². The van der Waals surface area contributed by atoms with Gasteiger partial charge in [0.05, 0.1) is 12.5 Å². The van der Waals surface area contributed by atoms with E-state index in [2.05, 4.69) is 6.58 Å². The largest absolute Gasteiger partial charge is 0.481 e. The highest BCUT2D eigenvalue weighted by atomic mass is 16.4. The average Bonchev–Trinajstić information content (AvgIpc) is 2.25. The van der Waals surface area contributed by atoms with Crippen molar-refractivity contribution in [2.24, 2.45) is 11.8 Å². The van der Waals surface area contributed by atoms with Crippen molar-refractivity contribution in [3.63, 3.8) is 0 Å². The summed E-state index contributed by atoms with van der Waals surface area (Å²) in [4.78, 5) is 24.0. The number of aliphatic hydroxyl groups excluding tert-OH is 1. The summed E-state index contributed by atoms with van der Waals surface area (Å²) >= 11 is 0. The zero-order chi connectivity index (χ0) is 12.7. The fourth-order valence-corrected chi connectivity index (χ4v) is 1.28. The lowest BCUT2D eigenvalue weighted by Crippen LogP contribution is -2.40. The summed E-state index contributed by atoms with van der Waals surface area (Å²) in [6, 6.07) is 0. The fraction of sp³-hybridized carbons (Fsp3) is 0.636. The lowest BCUT2D eigenvalue weighted by Gasteiger charge is -2.25. The van der Waals surface area contributed by atoms with Crippen molar-refractivity contribution in [3.05, 3.63) is 12.7 Å². The zero-order valence-corrected chi connectivity index (χ0v) is 9.72. The molecule has 5 nitrogen and oxygen atoms in total. The van der Waals surface area contributed by atoms with Crippen molar-refractivity contribution in [2.45, 2.75) is 13.8 Å². The van der Waals surface area contributed by atoms with Gasteiger partial charge in [-0.2, -0.15) is 0 Å². The molecule has 0 rings (SSSR count). The molecular weight excluding hydrogens is 210 g/mol. The number of hydrogen-bond acceptors (Lipinski definition) is 3. The first-order valence-electron chi connectivity index (χ1n) is 5.19. The number of rotatable bonds is 7. The van der Waals surface area contributed by atoms with Crippen LogP contribution in [0.25, 0.3) is 0 Å². The van der Waals surface area contributed by atoms with Crippen LogP contribution in [0.2, 0.25) is 0 Å². The molecule has 2 N–H and O–H groups in total. The third-order valence-corrected chi connectivity index (χ3v) is 2.56. The molecule has 0 aliphatic heterocycles. The van der Waals surface area contributed by atoms with Gasteiger partial charge in [-0.15, -0.1) is 6.58 Å². The number of nitrogens with zero attached hydrogens (tertiary/aromatic N) is 1. The standard InChI is InChI=1S/C11H19NO4/c1-4-5-12(6-7-13)10(14)8(2)9(3)11(15)16/h4,8-9,13H,1,5-7H2,2-3H3,(H,15,16). The number of amides is 1. The van der Waals surface area contributed by atoms with Gasteiger partial charge in [-0.1, -0.05) is 19.9 Å². The average molecular weight is 229 g/mol. The van der Waals surface area contributed by atoms with Crippen LogP contribution in [-0.2, 0) is 9.59 Å². The van der Waals surface area contributed by atoms with Gasteiger partial charge >= 0.3 is 5.97 Å². The summed E-state index contributed by atoms with van der Waals surface area (Å²) < 4.78 is 0. The van der Waals surface area contributed by atoms with E-state index in [-0.39, 0.29) is 19.1 Å². The van der Waals surface area contributed by atoms with E-state index in [1.165, 1.54) is 11.8 Å². The first kappa shape index (κ1) is 14.6. The number of carbonyl (C=O) groups is 2. The molecule has 2 atom stereocenters. The van der Waals surface area contributed by atoms with Crippen molar-refractivity contribution in [1.82, 2.24) is 4.90 Å². The number of carboxylic acid groups (broad SMARTS) is 1. The first-order valence-corrected chi connectivity index (χ1v) is 5.19. The summed E-state index contributed by atoms with van der Waals surface area (Å²) in [7, 11) is 0. The van der Waals surface area contributed by atoms with Crippen LogP contribution in [0, 0.1) is 11.8 Å². The van der Waals surface area contributed by atoms with E-state index in [1.807, 2.05) is 0 Å². The van der Waals surface area contributed by atoms with Gasteiger partial charge in [0.1, 0.15) is 0 Å². The molecule has 2 unspecified atom stereocenters. The number of aliphatic hydroxyl groups is 1. The molecule has 0 bridgehead atoms. The Bertz CT molecular complexity index is 261. The SMILES string of the molecule is C=CCN(CCO)C(=O)C(C)C(C)C(=O)O. The maximum absolute atomic E-state index is 11.9. The molecule has 1 amide bonds. The van der Waals surface area contributed by atoms with Gasteiger partial charge < -0.3 is 15.1 Å². The smallest absolute Gasteiger partial charge is 0.307 e. The molecule has 0 aromatic carbocycles. The van der Waals surface area contributed by atoms with E-state index >= 15 is 0 Å². The third-order valence-electron chi connectivity index (χ3n) is 2.56. The fourth-order valence-electron chi connectivity index (χ4n) is 1.28. The lowest BCUT2D eigenvalue weighted by atomic mass is 9.94.